The Morgan fingerprint density at radius 3 is 2.44 bits per heavy atom. The lowest BCUT2D eigenvalue weighted by Crippen LogP contribution is -2.31. The van der Waals surface area contributed by atoms with Crippen molar-refractivity contribution < 1.29 is 14.0 Å². The van der Waals surface area contributed by atoms with Gasteiger partial charge in [0, 0.05) is 35.0 Å². The molecule has 1 aromatic heterocycles. The van der Waals surface area contributed by atoms with Crippen molar-refractivity contribution in [2.75, 3.05) is 16.4 Å². The van der Waals surface area contributed by atoms with Gasteiger partial charge in [-0.05, 0) is 55.0 Å². The number of carbonyl (C=O) groups is 2. The molecule has 7 nitrogen and oxygen atoms in total. The minimum atomic E-state index is -0.670. The number of thioether (sulfide) groups is 1. The van der Waals surface area contributed by atoms with Crippen LogP contribution in [0.3, 0.4) is 0 Å². The highest BCUT2D eigenvalue weighted by Gasteiger charge is 2.35. The van der Waals surface area contributed by atoms with E-state index >= 15 is 0 Å². The number of anilines is 2. The quantitative estimate of drug-likeness (QED) is 0.426. The van der Waals surface area contributed by atoms with E-state index in [1.165, 1.54) is 24.3 Å². The van der Waals surface area contributed by atoms with E-state index in [0.717, 1.165) is 11.8 Å². The molecule has 1 aliphatic rings. The third-order valence-corrected chi connectivity index (χ3v) is 6.43. The highest BCUT2D eigenvalue weighted by Crippen LogP contribution is 2.40. The first-order valence-corrected chi connectivity index (χ1v) is 12.0. The van der Waals surface area contributed by atoms with Gasteiger partial charge in [0.25, 0.3) is 5.91 Å². The lowest BCUT2D eigenvalue weighted by molar-refractivity contribution is -0.114. The largest absolute Gasteiger partial charge is 0.353 e. The molecule has 0 unspecified atom stereocenters. The van der Waals surface area contributed by atoms with E-state index in [1.54, 1.807) is 37.5 Å². The van der Waals surface area contributed by atoms with Crippen molar-refractivity contribution >= 4 is 35.0 Å². The van der Waals surface area contributed by atoms with Crippen LogP contribution in [0.4, 0.5) is 15.8 Å². The van der Waals surface area contributed by atoms with Crippen LogP contribution in [0.2, 0.25) is 0 Å². The van der Waals surface area contributed by atoms with Gasteiger partial charge in [-0.2, -0.15) is 5.26 Å². The Morgan fingerprint density at radius 2 is 1.78 bits per heavy atom. The van der Waals surface area contributed by atoms with Crippen LogP contribution in [0.1, 0.15) is 18.4 Å². The number of aromatic nitrogens is 1. The first-order chi connectivity index (χ1) is 17.5. The number of nitrogens with zero attached hydrogens (tertiary/aromatic N) is 2. The van der Waals surface area contributed by atoms with Crippen molar-refractivity contribution in [3.05, 3.63) is 112 Å². The van der Waals surface area contributed by atoms with Crippen LogP contribution in [0.15, 0.2) is 101 Å². The second-order valence-electron chi connectivity index (χ2n) is 7.90. The highest BCUT2D eigenvalue weighted by atomic mass is 32.2. The van der Waals surface area contributed by atoms with E-state index in [1.807, 2.05) is 24.3 Å². The molecule has 9 heteroatoms. The van der Waals surface area contributed by atoms with Crippen LogP contribution >= 0.6 is 11.8 Å². The van der Waals surface area contributed by atoms with Gasteiger partial charge in [-0.25, -0.2) is 4.39 Å². The first-order valence-electron chi connectivity index (χ1n) is 11.0. The summed E-state index contributed by atoms with van der Waals surface area (Å²) in [5, 5.41) is 19.4. The van der Waals surface area contributed by atoms with Gasteiger partial charge in [-0.3, -0.25) is 14.6 Å². The van der Waals surface area contributed by atoms with E-state index in [-0.39, 0.29) is 17.6 Å². The molecule has 0 fully saturated rings. The van der Waals surface area contributed by atoms with Crippen LogP contribution in [-0.4, -0.2) is 22.6 Å². The van der Waals surface area contributed by atoms with Gasteiger partial charge < -0.3 is 16.0 Å². The lowest BCUT2D eigenvalue weighted by Gasteiger charge is -2.29. The summed E-state index contributed by atoms with van der Waals surface area (Å²) in [7, 11) is 0. The van der Waals surface area contributed by atoms with Crippen LogP contribution in [-0.2, 0) is 9.59 Å². The minimum Gasteiger partial charge on any atom is -0.353 e. The van der Waals surface area contributed by atoms with Gasteiger partial charge in [0.2, 0.25) is 5.91 Å². The predicted octanol–water partition coefficient (Wildman–Crippen LogP) is 4.93. The molecule has 1 aliphatic heterocycles. The molecular formula is C27H22FN5O2S. The third kappa shape index (κ3) is 5.79. The van der Waals surface area contributed by atoms with E-state index < -0.39 is 11.7 Å². The Hall–Kier alpha value is -4.42. The topological polar surface area (TPSA) is 107 Å². The fourth-order valence-corrected chi connectivity index (χ4v) is 4.69. The summed E-state index contributed by atoms with van der Waals surface area (Å²) in [5.74, 6) is -1.72. The number of amides is 2. The highest BCUT2D eigenvalue weighted by molar-refractivity contribution is 8.03. The SMILES string of the molecule is CC1=C(C(=O)Nc2ccccc2)[C@@H](c2cccnc2)C(C#N)=C(SCC(=O)Nc2ccc(F)cc2)N1. The number of hydrogen-bond donors (Lipinski definition) is 3. The molecule has 0 aliphatic carbocycles. The molecular weight excluding hydrogens is 477 g/mol. The molecule has 0 saturated carbocycles. The van der Waals surface area contributed by atoms with Crippen molar-refractivity contribution in [2.45, 2.75) is 12.8 Å². The number of pyridine rings is 1. The number of allylic oxidation sites excluding steroid dienone is 2. The Kier molecular flexibility index (Phi) is 7.78. The average molecular weight is 500 g/mol. The fourth-order valence-electron chi connectivity index (χ4n) is 3.80. The van der Waals surface area contributed by atoms with Crippen molar-refractivity contribution in [1.29, 1.82) is 5.26 Å². The molecule has 3 N–H and O–H groups in total. The van der Waals surface area contributed by atoms with Crippen molar-refractivity contribution in [3.63, 3.8) is 0 Å². The number of rotatable bonds is 7. The summed E-state index contributed by atoms with van der Waals surface area (Å²) < 4.78 is 13.1. The number of halogens is 1. The number of carbonyl (C=O) groups excluding carboxylic acids is 2. The zero-order valence-electron chi connectivity index (χ0n) is 19.3. The van der Waals surface area contributed by atoms with Gasteiger partial charge in [0.05, 0.1) is 28.3 Å². The molecule has 2 amide bonds. The normalized spacial score (nSPS) is 15.1. The van der Waals surface area contributed by atoms with Gasteiger partial charge >= 0.3 is 0 Å². The maximum atomic E-state index is 13.4. The number of benzene rings is 2. The molecule has 1 atom stereocenters. The molecule has 0 spiro atoms. The molecule has 2 aromatic carbocycles. The zero-order chi connectivity index (χ0) is 25.5. The standard InChI is InChI=1S/C27H22FN5O2S/c1-17-24(26(35)33-20-7-3-2-4-8-20)25(18-6-5-13-30-15-18)22(14-29)27(31-17)36-16-23(34)32-21-11-9-19(28)10-12-21/h2-13,15,25,31H,16H2,1H3,(H,32,34)(H,33,35)/t25-/m0/s1. The minimum absolute atomic E-state index is 0.00345. The summed E-state index contributed by atoms with van der Waals surface area (Å²) in [4.78, 5) is 30.0. The van der Waals surface area contributed by atoms with E-state index in [9.17, 15) is 19.2 Å². The number of nitriles is 1. The second-order valence-corrected chi connectivity index (χ2v) is 8.89. The molecule has 3 aromatic rings. The van der Waals surface area contributed by atoms with Crippen molar-refractivity contribution in [3.8, 4) is 6.07 Å². The summed E-state index contributed by atoms with van der Waals surface area (Å²) in [6, 6.07) is 20.3. The second kappa shape index (κ2) is 11.3. The maximum Gasteiger partial charge on any atom is 0.254 e. The van der Waals surface area contributed by atoms with E-state index in [0.29, 0.717) is 38.8 Å². The molecule has 0 saturated heterocycles. The van der Waals surface area contributed by atoms with Crippen LogP contribution in [0.5, 0.6) is 0 Å². The van der Waals surface area contributed by atoms with Crippen LogP contribution in [0, 0.1) is 17.1 Å². The van der Waals surface area contributed by atoms with E-state index in [2.05, 4.69) is 27.0 Å². The lowest BCUT2D eigenvalue weighted by atomic mass is 9.83. The van der Waals surface area contributed by atoms with E-state index in [4.69, 9.17) is 0 Å². The Labute approximate surface area is 212 Å². The molecule has 2 heterocycles. The Bertz CT molecular complexity index is 1370. The molecule has 0 radical (unpaired) electrons. The van der Waals surface area contributed by atoms with Gasteiger partial charge in [0.1, 0.15) is 5.82 Å². The Balaban J connectivity index is 1.60. The van der Waals surface area contributed by atoms with Gasteiger partial charge in [-0.1, -0.05) is 36.0 Å². The van der Waals surface area contributed by atoms with Crippen molar-refractivity contribution in [2.24, 2.45) is 0 Å². The molecule has 180 valence electrons. The average Bonchev–Trinajstić information content (AvgIpc) is 2.89. The number of dihydropyridines is 1. The first kappa shape index (κ1) is 24.7. The molecule has 4 rings (SSSR count). The Morgan fingerprint density at radius 1 is 1.06 bits per heavy atom. The van der Waals surface area contributed by atoms with Crippen LogP contribution < -0.4 is 16.0 Å². The number of hydrogen-bond acceptors (Lipinski definition) is 6. The molecule has 36 heavy (non-hydrogen) atoms. The third-order valence-electron chi connectivity index (χ3n) is 5.42. The monoisotopic (exact) mass is 499 g/mol. The van der Waals surface area contributed by atoms with Gasteiger partial charge in [-0.15, -0.1) is 0 Å². The number of para-hydroxylation sites is 1. The summed E-state index contributed by atoms with van der Waals surface area (Å²) in [5.41, 5.74) is 3.06. The maximum absolute atomic E-state index is 13.4. The van der Waals surface area contributed by atoms with Gasteiger partial charge in [0.15, 0.2) is 0 Å². The summed E-state index contributed by atoms with van der Waals surface area (Å²) in [6.07, 6.45) is 3.25. The summed E-state index contributed by atoms with van der Waals surface area (Å²) >= 11 is 1.15. The van der Waals surface area contributed by atoms with Crippen molar-refractivity contribution in [1.82, 2.24) is 10.3 Å². The predicted molar refractivity (Wildman–Crippen MR) is 138 cm³/mol. The van der Waals surface area contributed by atoms with Crippen LogP contribution in [0.25, 0.3) is 0 Å². The fraction of sp³-hybridized carbons (Fsp3) is 0.111. The number of nitrogens with one attached hydrogen (secondary N) is 3. The smallest absolute Gasteiger partial charge is 0.254 e. The molecule has 0 bridgehead atoms. The zero-order valence-corrected chi connectivity index (χ0v) is 20.1. The summed E-state index contributed by atoms with van der Waals surface area (Å²) in [6.45, 7) is 1.76.